The quantitative estimate of drug-likeness (QED) is 0.101. The fourth-order valence-electron chi connectivity index (χ4n) is 3.10. The molecular weight excluding hydrogens is 480 g/mol. The van der Waals surface area contributed by atoms with Crippen LogP contribution in [0.3, 0.4) is 0 Å². The Labute approximate surface area is 212 Å². The maximum absolute atomic E-state index is 12.3. The predicted molar refractivity (Wildman–Crippen MR) is 135 cm³/mol. The topological polar surface area (TPSA) is 149 Å². The Morgan fingerprint density at radius 3 is 2.38 bits per heavy atom. The van der Waals surface area contributed by atoms with Crippen molar-refractivity contribution in [2.24, 2.45) is 5.10 Å². The lowest BCUT2D eigenvalue weighted by atomic mass is 10.2. The molecule has 0 saturated carbocycles. The van der Waals surface area contributed by atoms with Crippen LogP contribution in [-0.4, -0.2) is 42.6 Å². The number of esters is 1. The Balaban J connectivity index is 1.42. The number of rotatable bonds is 11. The minimum atomic E-state index is -0.544. The lowest BCUT2D eigenvalue weighted by Crippen LogP contribution is -2.26. The highest BCUT2D eigenvalue weighted by Gasteiger charge is 2.13. The molecule has 0 bridgehead atoms. The molecule has 190 valence electrons. The zero-order valence-electron chi connectivity index (χ0n) is 19.9. The molecule has 11 nitrogen and oxygen atoms in total. The summed E-state index contributed by atoms with van der Waals surface area (Å²) in [5.41, 5.74) is 3.60. The summed E-state index contributed by atoms with van der Waals surface area (Å²) in [6.07, 6.45) is 1.91. The Kier molecular flexibility index (Phi) is 9.43. The van der Waals surface area contributed by atoms with E-state index in [9.17, 15) is 24.5 Å². The molecule has 11 heteroatoms. The van der Waals surface area contributed by atoms with Crippen LogP contribution in [0, 0.1) is 10.1 Å². The minimum absolute atomic E-state index is 0.102. The minimum Gasteiger partial charge on any atom is -0.493 e. The van der Waals surface area contributed by atoms with E-state index in [0.717, 1.165) is 0 Å². The van der Waals surface area contributed by atoms with Gasteiger partial charge in [0.15, 0.2) is 11.5 Å². The molecule has 0 spiro atoms. The highest BCUT2D eigenvalue weighted by Crippen LogP contribution is 2.28. The van der Waals surface area contributed by atoms with Crippen LogP contribution in [-0.2, 0) is 4.79 Å². The van der Waals surface area contributed by atoms with E-state index < -0.39 is 10.9 Å². The molecule has 0 atom stereocenters. The van der Waals surface area contributed by atoms with E-state index in [1.807, 2.05) is 0 Å². The summed E-state index contributed by atoms with van der Waals surface area (Å²) < 4.78 is 10.7. The van der Waals surface area contributed by atoms with E-state index >= 15 is 0 Å². The first-order chi connectivity index (χ1) is 17.9. The Morgan fingerprint density at radius 2 is 1.70 bits per heavy atom. The van der Waals surface area contributed by atoms with Crippen LogP contribution in [0.15, 0.2) is 77.9 Å². The number of nitro benzene ring substituents is 1. The number of non-ortho nitro benzene ring substituents is 1. The molecule has 0 aliphatic heterocycles. The SMILES string of the molecule is COc1cc(C=NNC(=O)CCCNC(=O)c2ccc([N+](=O)[O-])cc2)ccc1OC(=O)c1ccccc1. The van der Waals surface area contributed by atoms with Crippen LogP contribution in [0.25, 0.3) is 0 Å². The summed E-state index contributed by atoms with van der Waals surface area (Å²) in [4.78, 5) is 46.5. The van der Waals surface area contributed by atoms with E-state index in [1.165, 1.54) is 37.6 Å². The van der Waals surface area contributed by atoms with Crippen LogP contribution in [0.5, 0.6) is 11.5 Å². The third kappa shape index (κ3) is 7.99. The van der Waals surface area contributed by atoms with Gasteiger partial charge in [-0.05, 0) is 54.4 Å². The van der Waals surface area contributed by atoms with Crippen molar-refractivity contribution in [2.75, 3.05) is 13.7 Å². The second kappa shape index (κ2) is 13.1. The molecule has 37 heavy (non-hydrogen) atoms. The fourth-order valence-corrected chi connectivity index (χ4v) is 3.10. The molecule has 3 aromatic carbocycles. The number of benzene rings is 3. The summed E-state index contributed by atoms with van der Waals surface area (Å²) in [6, 6.07) is 18.6. The molecule has 2 amide bonds. The zero-order chi connectivity index (χ0) is 26.6. The van der Waals surface area contributed by atoms with Crippen molar-refractivity contribution >= 4 is 29.7 Å². The van der Waals surface area contributed by atoms with Gasteiger partial charge >= 0.3 is 5.97 Å². The number of methoxy groups -OCH3 is 1. The van der Waals surface area contributed by atoms with Crippen molar-refractivity contribution in [1.29, 1.82) is 0 Å². The van der Waals surface area contributed by atoms with Crippen LogP contribution >= 0.6 is 0 Å². The molecule has 0 unspecified atom stereocenters. The van der Waals surface area contributed by atoms with Crippen LogP contribution in [0.2, 0.25) is 0 Å². The number of hydrogen-bond donors (Lipinski definition) is 2. The number of nitro groups is 1. The normalized spacial score (nSPS) is 10.5. The van der Waals surface area contributed by atoms with Crippen molar-refractivity contribution in [2.45, 2.75) is 12.8 Å². The number of carbonyl (C=O) groups is 3. The molecule has 3 rings (SSSR count). The van der Waals surface area contributed by atoms with Crippen molar-refractivity contribution in [3.63, 3.8) is 0 Å². The molecule has 0 aromatic heterocycles. The van der Waals surface area contributed by atoms with Gasteiger partial charge in [0.2, 0.25) is 5.91 Å². The number of nitrogens with zero attached hydrogens (tertiary/aromatic N) is 2. The lowest BCUT2D eigenvalue weighted by molar-refractivity contribution is -0.384. The first-order valence-electron chi connectivity index (χ1n) is 11.2. The number of nitrogens with one attached hydrogen (secondary N) is 2. The molecule has 0 fully saturated rings. The van der Waals surface area contributed by atoms with E-state index in [4.69, 9.17) is 9.47 Å². The van der Waals surface area contributed by atoms with Gasteiger partial charge in [0.05, 0.1) is 23.8 Å². The van der Waals surface area contributed by atoms with Gasteiger partial charge in [-0.25, -0.2) is 10.2 Å². The molecule has 0 saturated heterocycles. The van der Waals surface area contributed by atoms with Crippen LogP contribution < -0.4 is 20.2 Å². The highest BCUT2D eigenvalue weighted by atomic mass is 16.6. The van der Waals surface area contributed by atoms with Gasteiger partial charge in [-0.1, -0.05) is 18.2 Å². The Morgan fingerprint density at radius 1 is 0.973 bits per heavy atom. The maximum atomic E-state index is 12.3. The largest absolute Gasteiger partial charge is 0.493 e. The van der Waals surface area contributed by atoms with Gasteiger partial charge in [-0.15, -0.1) is 0 Å². The first kappa shape index (κ1) is 26.5. The molecule has 0 aliphatic rings. The van der Waals surface area contributed by atoms with E-state index in [1.54, 1.807) is 48.5 Å². The van der Waals surface area contributed by atoms with Gasteiger partial charge in [-0.2, -0.15) is 5.10 Å². The van der Waals surface area contributed by atoms with Gasteiger partial charge in [-0.3, -0.25) is 19.7 Å². The molecular formula is C26H24N4O7. The first-order valence-corrected chi connectivity index (χ1v) is 11.2. The van der Waals surface area contributed by atoms with Gasteiger partial charge in [0.25, 0.3) is 11.6 Å². The highest BCUT2D eigenvalue weighted by molar-refractivity contribution is 5.94. The molecule has 0 radical (unpaired) electrons. The molecule has 0 heterocycles. The van der Waals surface area contributed by atoms with Crippen molar-refractivity contribution < 1.29 is 28.8 Å². The molecule has 0 aliphatic carbocycles. The van der Waals surface area contributed by atoms with Crippen molar-refractivity contribution in [3.05, 3.63) is 99.6 Å². The average Bonchev–Trinajstić information content (AvgIpc) is 2.92. The maximum Gasteiger partial charge on any atom is 0.343 e. The van der Waals surface area contributed by atoms with Gasteiger partial charge < -0.3 is 14.8 Å². The smallest absolute Gasteiger partial charge is 0.343 e. The van der Waals surface area contributed by atoms with Crippen LogP contribution in [0.1, 0.15) is 39.1 Å². The molecule has 3 aromatic rings. The van der Waals surface area contributed by atoms with Crippen molar-refractivity contribution in [1.82, 2.24) is 10.7 Å². The summed E-state index contributed by atoms with van der Waals surface area (Å²) >= 11 is 0. The Hall–Kier alpha value is -5.06. The van der Waals surface area contributed by atoms with E-state index in [0.29, 0.717) is 23.3 Å². The fraction of sp³-hybridized carbons (Fsp3) is 0.154. The summed E-state index contributed by atoms with van der Waals surface area (Å²) in [6.45, 7) is 0.243. The predicted octanol–water partition coefficient (Wildman–Crippen LogP) is 3.48. The number of hydrazone groups is 1. The lowest BCUT2D eigenvalue weighted by Gasteiger charge is -2.10. The third-order valence-corrected chi connectivity index (χ3v) is 5.01. The van der Waals surface area contributed by atoms with Gasteiger partial charge in [0, 0.05) is 30.7 Å². The number of amides is 2. The van der Waals surface area contributed by atoms with E-state index in [2.05, 4.69) is 15.8 Å². The van der Waals surface area contributed by atoms with Crippen LogP contribution in [0.4, 0.5) is 5.69 Å². The standard InChI is InChI=1S/C26H24N4O7/c1-36-23-16-18(9-14-22(23)37-26(33)20-6-3-2-4-7-20)17-28-29-24(31)8-5-15-27-25(32)19-10-12-21(13-11-19)30(34)35/h2-4,6-7,9-14,16-17H,5,8,15H2,1H3,(H,27,32)(H,29,31). The Bertz CT molecular complexity index is 1290. The number of carbonyl (C=O) groups excluding carboxylic acids is 3. The summed E-state index contributed by atoms with van der Waals surface area (Å²) in [7, 11) is 1.44. The van der Waals surface area contributed by atoms with Gasteiger partial charge in [0.1, 0.15) is 0 Å². The zero-order valence-corrected chi connectivity index (χ0v) is 19.9. The monoisotopic (exact) mass is 504 g/mol. The second-order valence-corrected chi connectivity index (χ2v) is 7.62. The summed E-state index contributed by atoms with van der Waals surface area (Å²) in [5, 5.41) is 17.2. The number of ether oxygens (including phenoxy) is 2. The summed E-state index contributed by atoms with van der Waals surface area (Å²) in [5.74, 6) is -0.686. The molecule has 2 N–H and O–H groups in total. The number of hydrogen-bond acceptors (Lipinski definition) is 8. The van der Waals surface area contributed by atoms with Crippen molar-refractivity contribution in [3.8, 4) is 11.5 Å². The second-order valence-electron chi connectivity index (χ2n) is 7.62. The third-order valence-electron chi connectivity index (χ3n) is 5.01. The average molecular weight is 504 g/mol. The van der Waals surface area contributed by atoms with E-state index in [-0.39, 0.29) is 41.8 Å².